The third-order valence-electron chi connectivity index (χ3n) is 3.23. The number of carbonyl (C=O) groups is 1. The molecule has 0 aliphatic heterocycles. The summed E-state index contributed by atoms with van der Waals surface area (Å²) < 4.78 is 0. The predicted molar refractivity (Wildman–Crippen MR) is 69.7 cm³/mol. The lowest BCUT2D eigenvalue weighted by Crippen LogP contribution is -2.51. The highest BCUT2D eigenvalue weighted by molar-refractivity contribution is 5.85. The molecule has 4 heteroatoms. The van der Waals surface area contributed by atoms with Crippen molar-refractivity contribution in [3.05, 3.63) is 0 Å². The standard InChI is InChI=1S/C12H24N2O.ClH/c1-4-6-12(7-5-8-12)10(15)14-9-11(2,3)13;/h4-9,13H2,1-3H3,(H,14,15);1H. The van der Waals surface area contributed by atoms with Crippen molar-refractivity contribution in [1.29, 1.82) is 0 Å². The van der Waals surface area contributed by atoms with E-state index >= 15 is 0 Å². The molecule has 0 radical (unpaired) electrons. The minimum absolute atomic E-state index is 0. The molecular formula is C12H25ClN2O. The van der Waals surface area contributed by atoms with Crippen molar-refractivity contribution in [3.8, 4) is 0 Å². The van der Waals surface area contributed by atoms with E-state index in [1.165, 1.54) is 6.42 Å². The molecule has 0 heterocycles. The van der Waals surface area contributed by atoms with Gasteiger partial charge >= 0.3 is 0 Å². The summed E-state index contributed by atoms with van der Waals surface area (Å²) in [4.78, 5) is 12.0. The summed E-state index contributed by atoms with van der Waals surface area (Å²) in [5, 5.41) is 2.99. The van der Waals surface area contributed by atoms with Crippen LogP contribution in [-0.4, -0.2) is 18.0 Å². The quantitative estimate of drug-likeness (QED) is 0.784. The molecule has 1 aliphatic carbocycles. The summed E-state index contributed by atoms with van der Waals surface area (Å²) in [5.74, 6) is 0.217. The molecule has 0 spiro atoms. The van der Waals surface area contributed by atoms with Crippen LogP contribution in [0.5, 0.6) is 0 Å². The number of carbonyl (C=O) groups excluding carboxylic acids is 1. The molecule has 0 bridgehead atoms. The van der Waals surface area contributed by atoms with E-state index in [-0.39, 0.29) is 29.3 Å². The molecule has 1 aliphatic rings. The molecule has 1 amide bonds. The van der Waals surface area contributed by atoms with Crippen LogP contribution in [0.3, 0.4) is 0 Å². The van der Waals surface area contributed by atoms with Crippen molar-refractivity contribution in [1.82, 2.24) is 5.32 Å². The van der Waals surface area contributed by atoms with Gasteiger partial charge in [0.1, 0.15) is 0 Å². The van der Waals surface area contributed by atoms with Crippen molar-refractivity contribution in [2.45, 2.75) is 58.4 Å². The van der Waals surface area contributed by atoms with E-state index in [1.54, 1.807) is 0 Å². The molecule has 1 fully saturated rings. The first-order valence-corrected chi connectivity index (χ1v) is 5.97. The van der Waals surface area contributed by atoms with E-state index in [0.717, 1.165) is 25.7 Å². The lowest BCUT2D eigenvalue weighted by Gasteiger charge is -2.40. The topological polar surface area (TPSA) is 55.1 Å². The minimum atomic E-state index is -0.313. The normalized spacial score (nSPS) is 18.2. The monoisotopic (exact) mass is 248 g/mol. The molecule has 0 atom stereocenters. The van der Waals surface area contributed by atoms with Gasteiger partial charge in [0.15, 0.2) is 0 Å². The van der Waals surface area contributed by atoms with Crippen molar-refractivity contribution in [3.63, 3.8) is 0 Å². The molecule has 0 aromatic rings. The molecule has 0 aromatic carbocycles. The van der Waals surface area contributed by atoms with Crippen molar-refractivity contribution in [2.75, 3.05) is 6.54 Å². The second-order valence-corrected chi connectivity index (χ2v) is 5.56. The minimum Gasteiger partial charge on any atom is -0.354 e. The van der Waals surface area contributed by atoms with Crippen LogP contribution in [0.2, 0.25) is 0 Å². The average Bonchev–Trinajstić information content (AvgIpc) is 2.06. The summed E-state index contributed by atoms with van der Waals surface area (Å²) >= 11 is 0. The van der Waals surface area contributed by atoms with E-state index in [2.05, 4.69) is 12.2 Å². The van der Waals surface area contributed by atoms with Crippen molar-refractivity contribution < 1.29 is 4.79 Å². The Morgan fingerprint density at radius 3 is 2.31 bits per heavy atom. The second-order valence-electron chi connectivity index (χ2n) is 5.56. The summed E-state index contributed by atoms with van der Waals surface area (Å²) in [5.41, 5.74) is 5.48. The molecule has 0 unspecified atom stereocenters. The molecule has 1 saturated carbocycles. The van der Waals surface area contributed by atoms with Gasteiger partial charge in [-0.3, -0.25) is 4.79 Å². The zero-order valence-electron chi connectivity index (χ0n) is 10.6. The largest absolute Gasteiger partial charge is 0.354 e. The molecule has 3 N–H and O–H groups in total. The number of nitrogens with two attached hydrogens (primary N) is 1. The van der Waals surface area contributed by atoms with Crippen LogP contribution < -0.4 is 11.1 Å². The van der Waals surface area contributed by atoms with Crippen molar-refractivity contribution >= 4 is 18.3 Å². The third kappa shape index (κ3) is 3.95. The molecule has 16 heavy (non-hydrogen) atoms. The fourth-order valence-corrected chi connectivity index (χ4v) is 2.17. The molecule has 1 rings (SSSR count). The van der Waals surface area contributed by atoms with Crippen LogP contribution in [-0.2, 0) is 4.79 Å². The summed E-state index contributed by atoms with van der Waals surface area (Å²) in [6.45, 7) is 6.57. The predicted octanol–water partition coefficient (Wildman–Crippen LogP) is 2.23. The summed E-state index contributed by atoms with van der Waals surface area (Å²) in [6.07, 6.45) is 5.40. The Balaban J connectivity index is 0.00000225. The van der Waals surface area contributed by atoms with Gasteiger partial charge in [0, 0.05) is 17.5 Å². The van der Waals surface area contributed by atoms with Gasteiger partial charge < -0.3 is 11.1 Å². The first-order chi connectivity index (χ1) is 6.90. The lowest BCUT2D eigenvalue weighted by atomic mass is 9.65. The Bertz CT molecular complexity index is 232. The summed E-state index contributed by atoms with van der Waals surface area (Å²) in [6, 6.07) is 0. The first kappa shape index (κ1) is 15.7. The Kier molecular flexibility index (Phi) is 5.77. The SMILES string of the molecule is CCCC1(C(=O)NCC(C)(C)N)CCC1.Cl. The maximum Gasteiger partial charge on any atom is 0.226 e. The number of rotatable bonds is 5. The molecule has 0 aromatic heterocycles. The smallest absolute Gasteiger partial charge is 0.226 e. The van der Waals surface area contributed by atoms with Gasteiger partial charge in [0.05, 0.1) is 0 Å². The number of amides is 1. The third-order valence-corrected chi connectivity index (χ3v) is 3.23. The zero-order valence-corrected chi connectivity index (χ0v) is 11.5. The average molecular weight is 249 g/mol. The molecule has 0 saturated heterocycles. The van der Waals surface area contributed by atoms with E-state index in [4.69, 9.17) is 5.73 Å². The number of hydrogen-bond acceptors (Lipinski definition) is 2. The van der Waals surface area contributed by atoms with Crippen LogP contribution in [0.15, 0.2) is 0 Å². The van der Waals surface area contributed by atoms with E-state index in [9.17, 15) is 4.79 Å². The van der Waals surface area contributed by atoms with Gasteiger partial charge in [-0.15, -0.1) is 12.4 Å². The Labute approximate surface area is 105 Å². The highest BCUT2D eigenvalue weighted by atomic mass is 35.5. The van der Waals surface area contributed by atoms with E-state index in [0.29, 0.717) is 6.54 Å². The van der Waals surface area contributed by atoms with Crippen LogP contribution >= 0.6 is 12.4 Å². The first-order valence-electron chi connectivity index (χ1n) is 5.97. The van der Waals surface area contributed by atoms with Gasteiger partial charge in [-0.1, -0.05) is 19.8 Å². The van der Waals surface area contributed by atoms with Crippen molar-refractivity contribution in [2.24, 2.45) is 11.1 Å². The van der Waals surface area contributed by atoms with Crippen LogP contribution in [0.1, 0.15) is 52.9 Å². The molecule has 96 valence electrons. The number of halogens is 1. The zero-order chi connectivity index (χ0) is 11.5. The fourth-order valence-electron chi connectivity index (χ4n) is 2.17. The maximum absolute atomic E-state index is 12.0. The lowest BCUT2D eigenvalue weighted by molar-refractivity contribution is -0.136. The Morgan fingerprint density at radius 1 is 1.44 bits per heavy atom. The highest BCUT2D eigenvalue weighted by Crippen LogP contribution is 2.44. The number of hydrogen-bond donors (Lipinski definition) is 2. The highest BCUT2D eigenvalue weighted by Gasteiger charge is 2.42. The van der Waals surface area contributed by atoms with Gasteiger partial charge in [-0.2, -0.15) is 0 Å². The van der Waals surface area contributed by atoms with Gasteiger partial charge in [-0.05, 0) is 33.1 Å². The molecular weight excluding hydrogens is 224 g/mol. The van der Waals surface area contributed by atoms with Gasteiger partial charge in [-0.25, -0.2) is 0 Å². The summed E-state index contributed by atoms with van der Waals surface area (Å²) in [7, 11) is 0. The second kappa shape index (κ2) is 5.87. The van der Waals surface area contributed by atoms with Crippen LogP contribution in [0.4, 0.5) is 0 Å². The van der Waals surface area contributed by atoms with E-state index in [1.807, 2.05) is 13.8 Å². The Hall–Kier alpha value is -0.280. The molecule has 3 nitrogen and oxygen atoms in total. The van der Waals surface area contributed by atoms with E-state index < -0.39 is 0 Å². The van der Waals surface area contributed by atoms with Gasteiger partial charge in [0.25, 0.3) is 0 Å². The fraction of sp³-hybridized carbons (Fsp3) is 0.917. The Morgan fingerprint density at radius 2 is 2.00 bits per heavy atom. The maximum atomic E-state index is 12.0. The van der Waals surface area contributed by atoms with Crippen LogP contribution in [0, 0.1) is 5.41 Å². The van der Waals surface area contributed by atoms with Crippen LogP contribution in [0.25, 0.3) is 0 Å². The van der Waals surface area contributed by atoms with Gasteiger partial charge in [0.2, 0.25) is 5.91 Å². The number of nitrogens with one attached hydrogen (secondary N) is 1.